The van der Waals surface area contributed by atoms with Crippen LogP contribution in [0.5, 0.6) is 0 Å². The SMILES string of the molecule is CCN.CCN.CCN(CC)Cc1ccc(C(=O)NC(C)C)cc1C(F)(F)F.CCN(CC)Cc1ccc(C(=O)NC(C)C)cc1C(F)(F)F.CCN(CC)Cc1ccc(NC(=O)C(C)C)cc1C(F)(F)F.CCN(CC)Cc1ccc(NC(=O)C(C)C)cc1C(F)(F)F.CN.CN.Cc1cccc(C(=O)NC(C)C)c1.Cc1cccc(NC(=O)C(C)C)c1. The van der Waals surface area contributed by atoms with Gasteiger partial charge in [-0.3, -0.25) is 48.4 Å². The Labute approximate surface area is 731 Å². The third kappa shape index (κ3) is 50.8. The van der Waals surface area contributed by atoms with E-state index < -0.39 is 58.8 Å². The first-order valence-electron chi connectivity index (χ1n) is 42.0. The van der Waals surface area contributed by atoms with Gasteiger partial charge in [-0.05, 0) is 236 Å². The van der Waals surface area contributed by atoms with Crippen LogP contribution in [0.3, 0.4) is 0 Å². The summed E-state index contributed by atoms with van der Waals surface area (Å²) in [4.78, 5) is 77.5. The first-order valence-corrected chi connectivity index (χ1v) is 42.0. The fourth-order valence-electron chi connectivity index (χ4n) is 10.5. The molecule has 0 aliphatic heterocycles. The minimum atomic E-state index is -4.48. The van der Waals surface area contributed by atoms with Crippen molar-refractivity contribution in [3.63, 3.8) is 0 Å². The van der Waals surface area contributed by atoms with Gasteiger partial charge in [0.05, 0.1) is 22.3 Å². The number of alkyl halides is 12. The Kier molecular flexibility index (Phi) is 62.4. The highest BCUT2D eigenvalue weighted by molar-refractivity contribution is 5.96. The highest BCUT2D eigenvalue weighted by Gasteiger charge is 2.38. The Morgan fingerprint density at radius 3 is 0.726 bits per heavy atom. The monoisotopic (exact) mass is 1770 g/mol. The summed E-state index contributed by atoms with van der Waals surface area (Å²) in [5.41, 5.74) is 20.9. The van der Waals surface area contributed by atoms with E-state index in [1.807, 2.05) is 179 Å². The normalized spacial score (nSPS) is 11.1. The summed E-state index contributed by atoms with van der Waals surface area (Å²) in [6, 6.07) is 30.8. The zero-order chi connectivity index (χ0) is 96.8. The van der Waals surface area contributed by atoms with Gasteiger partial charge in [-0.1, -0.05) is 165 Å². The molecule has 0 fully saturated rings. The van der Waals surface area contributed by atoms with Crippen molar-refractivity contribution in [1.82, 2.24) is 35.6 Å². The number of benzene rings is 6. The fourth-order valence-corrected chi connectivity index (χ4v) is 10.5. The number of nitrogens with zero attached hydrogens (tertiary/aromatic N) is 4. The molecule has 0 aliphatic rings. The fraction of sp³-hybridized carbons (Fsp3) is 0.543. The number of amides is 6. The standard InChI is InChI=1S/4C16H23F3N2O.2C11H15NO.2C2H7N.2CH5N/c2*1-5-21(6-2)10-12-7-8-13(20-15(22)11(3)4)9-14(12)16(17,18)19;2*1-5-21(6-2)10-13-8-7-12(15(22)20-11(3)4)9-14(13)16(17,18)19;1-8(2)12-11(13)10-6-4-5-9(3)7-10;1-8(2)11(13)12-10-6-4-5-9(3)7-10;2*1-2-3;2*1-2/h4*7-9,11H,5-6,10H2,1-4H3,(H,20,22);2*4-8H,1-3H3,(H,12,13);2*2-3H2,1H3;2*2H2,1H3. The summed E-state index contributed by atoms with van der Waals surface area (Å²) in [6.07, 6.45) is -17.8. The molecule has 6 rings (SSSR count). The maximum Gasteiger partial charge on any atom is 0.416 e. The lowest BCUT2D eigenvalue weighted by molar-refractivity contribution is -0.139. The van der Waals surface area contributed by atoms with Crippen molar-refractivity contribution in [1.29, 1.82) is 0 Å². The molecule has 0 aliphatic carbocycles. The molecular formula is C92H146F12N14O6. The van der Waals surface area contributed by atoms with Crippen molar-refractivity contribution >= 4 is 52.5 Å². The molecule has 0 saturated carbocycles. The van der Waals surface area contributed by atoms with Gasteiger partial charge in [0.1, 0.15) is 0 Å². The Morgan fingerprint density at radius 1 is 0.306 bits per heavy atom. The van der Waals surface area contributed by atoms with Crippen molar-refractivity contribution in [3.05, 3.63) is 194 Å². The maximum atomic E-state index is 13.3. The molecule has 0 heterocycles. The Balaban J connectivity index is -0.000000688. The van der Waals surface area contributed by atoms with Gasteiger partial charge in [0.25, 0.3) is 17.7 Å². The minimum absolute atomic E-state index is 0.00120. The number of nitrogens with two attached hydrogens (primary N) is 4. The van der Waals surface area contributed by atoms with E-state index in [1.54, 1.807) is 55.4 Å². The van der Waals surface area contributed by atoms with Crippen LogP contribution < -0.4 is 54.8 Å². The number of carbonyl (C=O) groups is 6. The average molecular weight is 1770 g/mol. The van der Waals surface area contributed by atoms with E-state index in [0.29, 0.717) is 52.4 Å². The largest absolute Gasteiger partial charge is 0.416 e. The number of carbonyl (C=O) groups excluding carboxylic acids is 6. The van der Waals surface area contributed by atoms with Gasteiger partial charge in [0, 0.05) is 95.8 Å². The van der Waals surface area contributed by atoms with E-state index in [0.717, 1.165) is 59.7 Å². The number of aryl methyl sites for hydroxylation is 2. The summed E-state index contributed by atoms with van der Waals surface area (Å²) >= 11 is 0. The summed E-state index contributed by atoms with van der Waals surface area (Å²) in [5, 5.41) is 15.9. The summed E-state index contributed by atoms with van der Waals surface area (Å²) < 4.78 is 159. The molecule has 0 unspecified atom stereocenters. The van der Waals surface area contributed by atoms with Crippen LogP contribution in [0.2, 0.25) is 0 Å². The van der Waals surface area contributed by atoms with Crippen molar-refractivity contribution in [2.75, 3.05) is 95.5 Å². The van der Waals surface area contributed by atoms with Crippen LogP contribution in [0.25, 0.3) is 0 Å². The predicted molar refractivity (Wildman–Crippen MR) is 483 cm³/mol. The van der Waals surface area contributed by atoms with Crippen molar-refractivity contribution in [2.24, 2.45) is 40.7 Å². The quantitative estimate of drug-likeness (QED) is 0.0204. The highest BCUT2D eigenvalue weighted by Crippen LogP contribution is 2.38. The molecule has 0 bridgehead atoms. The number of hydrogen-bond acceptors (Lipinski definition) is 14. The average Bonchev–Trinajstić information content (AvgIpc) is 0.823. The predicted octanol–water partition coefficient (Wildman–Crippen LogP) is 19.5. The number of nitrogens with one attached hydrogen (secondary N) is 6. The second-order valence-corrected chi connectivity index (χ2v) is 29.7. The molecule has 6 aromatic rings. The van der Waals surface area contributed by atoms with Crippen molar-refractivity contribution in [3.8, 4) is 0 Å². The second-order valence-electron chi connectivity index (χ2n) is 29.7. The Bertz CT molecular complexity index is 3800. The number of anilines is 3. The summed E-state index contributed by atoms with van der Waals surface area (Å²) in [5.74, 6) is -2.07. The number of halogens is 12. The van der Waals surface area contributed by atoms with Crippen LogP contribution in [0.4, 0.5) is 69.7 Å². The van der Waals surface area contributed by atoms with Gasteiger partial charge in [-0.2, -0.15) is 52.7 Å². The summed E-state index contributed by atoms with van der Waals surface area (Å²) in [7, 11) is 3.00. The van der Waals surface area contributed by atoms with Gasteiger partial charge in [-0.25, -0.2) is 0 Å². The lowest BCUT2D eigenvalue weighted by Crippen LogP contribution is -2.30. The van der Waals surface area contributed by atoms with Gasteiger partial charge in [0.15, 0.2) is 0 Å². The molecule has 0 atom stereocenters. The van der Waals surface area contributed by atoms with Crippen LogP contribution in [0.1, 0.15) is 239 Å². The molecule has 0 radical (unpaired) electrons. The first kappa shape index (κ1) is 121. The van der Waals surface area contributed by atoms with Crippen LogP contribution >= 0.6 is 0 Å². The number of rotatable bonds is 28. The van der Waals surface area contributed by atoms with E-state index in [-0.39, 0.29) is 130 Å². The van der Waals surface area contributed by atoms with E-state index in [1.165, 1.54) is 62.6 Å². The molecule has 0 saturated heterocycles. The molecule has 124 heavy (non-hydrogen) atoms. The zero-order valence-electron chi connectivity index (χ0n) is 78.0. The topological polar surface area (TPSA) is 292 Å². The lowest BCUT2D eigenvalue weighted by atomic mass is 10.0. The van der Waals surface area contributed by atoms with Gasteiger partial charge < -0.3 is 54.8 Å². The Hall–Kier alpha value is -9.02. The molecule has 32 heteroatoms. The van der Waals surface area contributed by atoms with Crippen molar-refractivity contribution < 1.29 is 81.5 Å². The zero-order valence-corrected chi connectivity index (χ0v) is 78.0. The Morgan fingerprint density at radius 2 is 0.516 bits per heavy atom. The van der Waals surface area contributed by atoms with Gasteiger partial charge in [-0.15, -0.1) is 0 Å². The molecule has 704 valence electrons. The molecule has 20 nitrogen and oxygen atoms in total. The third-order valence-corrected chi connectivity index (χ3v) is 17.3. The summed E-state index contributed by atoms with van der Waals surface area (Å²) in [6.45, 7) is 52.3. The molecular weight excluding hydrogens is 1630 g/mol. The van der Waals surface area contributed by atoms with Gasteiger partial charge in [0.2, 0.25) is 17.7 Å². The van der Waals surface area contributed by atoms with Crippen LogP contribution in [-0.4, -0.2) is 153 Å². The molecule has 14 N–H and O–H groups in total. The van der Waals surface area contributed by atoms with Crippen LogP contribution in [-0.2, 0) is 65.3 Å². The molecule has 0 spiro atoms. The highest BCUT2D eigenvalue weighted by atomic mass is 19.4. The van der Waals surface area contributed by atoms with E-state index in [2.05, 4.69) is 43.4 Å². The maximum absolute atomic E-state index is 13.3. The number of hydrogen-bond donors (Lipinski definition) is 10. The van der Waals surface area contributed by atoms with E-state index in [4.69, 9.17) is 11.5 Å². The van der Waals surface area contributed by atoms with Gasteiger partial charge >= 0.3 is 24.7 Å². The van der Waals surface area contributed by atoms with E-state index in [9.17, 15) is 81.5 Å². The van der Waals surface area contributed by atoms with E-state index >= 15 is 0 Å². The van der Waals surface area contributed by atoms with Crippen LogP contribution in [0, 0.1) is 31.6 Å². The molecule has 6 amide bonds. The third-order valence-electron chi connectivity index (χ3n) is 17.3. The van der Waals surface area contributed by atoms with Crippen molar-refractivity contribution in [2.45, 2.75) is 235 Å². The lowest BCUT2D eigenvalue weighted by Gasteiger charge is -2.22. The second kappa shape index (κ2) is 63.8. The first-order chi connectivity index (χ1) is 57.7. The smallest absolute Gasteiger partial charge is 0.350 e. The molecule has 6 aromatic carbocycles. The van der Waals surface area contributed by atoms with Crippen LogP contribution in [0.15, 0.2) is 121 Å². The minimum Gasteiger partial charge on any atom is -0.350 e. The molecule has 0 aromatic heterocycles.